The lowest BCUT2D eigenvalue weighted by molar-refractivity contribution is 0.577. The Kier molecular flexibility index (Phi) is 3.39. The number of hydrogen-bond acceptors (Lipinski definition) is 4. The van der Waals surface area contributed by atoms with Crippen LogP contribution in [0.3, 0.4) is 0 Å². The van der Waals surface area contributed by atoms with E-state index >= 15 is 0 Å². The fourth-order valence-electron chi connectivity index (χ4n) is 4.43. The first kappa shape index (κ1) is 14.7. The lowest BCUT2D eigenvalue weighted by Crippen LogP contribution is -2.45. The van der Waals surface area contributed by atoms with Gasteiger partial charge in [0.15, 0.2) is 5.65 Å². The van der Waals surface area contributed by atoms with Gasteiger partial charge in [0, 0.05) is 26.2 Å². The van der Waals surface area contributed by atoms with Crippen LogP contribution in [0.25, 0.3) is 16.7 Å². The molecule has 2 aromatic heterocycles. The van der Waals surface area contributed by atoms with Crippen molar-refractivity contribution >= 4 is 22.5 Å². The topological polar surface area (TPSA) is 56.4 Å². The third kappa shape index (κ3) is 2.14. The molecule has 0 bridgehead atoms. The number of benzene rings is 1. The van der Waals surface area contributed by atoms with Crippen LogP contribution >= 0.6 is 0 Å². The Balaban J connectivity index is 1.93. The third-order valence-electron chi connectivity index (χ3n) is 5.56. The van der Waals surface area contributed by atoms with Gasteiger partial charge < -0.3 is 10.2 Å². The van der Waals surface area contributed by atoms with Crippen molar-refractivity contribution in [1.29, 1.82) is 5.26 Å². The third-order valence-corrected chi connectivity index (χ3v) is 5.56. The molecule has 1 aromatic carbocycles. The minimum absolute atomic E-state index is 0.782. The van der Waals surface area contributed by atoms with Crippen molar-refractivity contribution in [2.24, 2.45) is 0 Å². The quantitative estimate of drug-likeness (QED) is 0.745. The number of pyridine rings is 1. The van der Waals surface area contributed by atoms with Gasteiger partial charge in [0.2, 0.25) is 0 Å². The van der Waals surface area contributed by atoms with E-state index < -0.39 is 0 Å². The highest BCUT2D eigenvalue weighted by molar-refractivity contribution is 5.86. The minimum atomic E-state index is 0.782. The molecular formula is C20H21N5. The molecule has 1 N–H and O–H groups in total. The molecule has 1 fully saturated rings. The summed E-state index contributed by atoms with van der Waals surface area (Å²) in [6.07, 6.45) is 4.43. The number of nitrogens with zero attached hydrogens (tertiary/aromatic N) is 4. The van der Waals surface area contributed by atoms with Gasteiger partial charge in [-0.05, 0) is 48.9 Å². The molecule has 1 aliphatic carbocycles. The molecule has 25 heavy (non-hydrogen) atoms. The molecule has 1 aliphatic heterocycles. The van der Waals surface area contributed by atoms with E-state index in [2.05, 4.69) is 32.8 Å². The molecule has 126 valence electrons. The molecule has 1 saturated heterocycles. The highest BCUT2D eigenvalue weighted by Crippen LogP contribution is 2.37. The zero-order valence-corrected chi connectivity index (χ0v) is 14.3. The fraction of sp³-hybridized carbons (Fsp3) is 0.400. The van der Waals surface area contributed by atoms with Gasteiger partial charge in [-0.25, -0.2) is 4.98 Å². The standard InChI is InChI=1S/C20H21N5/c21-13-16-14-5-1-2-6-15(14)20(24-11-9-22-10-12-24)25-18-8-4-3-7-17(18)23-19(16)25/h3-4,7-8,22H,1-2,5-6,9-12H2. The monoisotopic (exact) mass is 331 g/mol. The molecule has 5 heteroatoms. The maximum absolute atomic E-state index is 9.89. The second kappa shape index (κ2) is 5.75. The van der Waals surface area contributed by atoms with Crippen molar-refractivity contribution in [2.75, 3.05) is 31.1 Å². The molecule has 5 rings (SSSR count). The number of nitriles is 1. The van der Waals surface area contributed by atoms with Gasteiger partial charge in [0.1, 0.15) is 11.9 Å². The predicted octanol–water partition coefficient (Wildman–Crippen LogP) is 2.65. The van der Waals surface area contributed by atoms with Crippen LogP contribution in [0, 0.1) is 11.3 Å². The zero-order chi connectivity index (χ0) is 16.8. The largest absolute Gasteiger partial charge is 0.355 e. The Bertz CT molecular complexity index is 1000. The Morgan fingerprint density at radius 1 is 1.04 bits per heavy atom. The van der Waals surface area contributed by atoms with Gasteiger partial charge in [0.05, 0.1) is 16.6 Å². The molecule has 0 amide bonds. The summed E-state index contributed by atoms with van der Waals surface area (Å²) in [6.45, 7) is 4.01. The minimum Gasteiger partial charge on any atom is -0.355 e. The van der Waals surface area contributed by atoms with Crippen molar-refractivity contribution in [1.82, 2.24) is 14.7 Å². The normalized spacial score (nSPS) is 17.6. The van der Waals surface area contributed by atoms with Gasteiger partial charge in [-0.1, -0.05) is 12.1 Å². The highest BCUT2D eigenvalue weighted by Gasteiger charge is 2.27. The summed E-state index contributed by atoms with van der Waals surface area (Å²) >= 11 is 0. The number of hydrogen-bond donors (Lipinski definition) is 1. The van der Waals surface area contributed by atoms with Crippen molar-refractivity contribution < 1.29 is 0 Å². The molecule has 2 aliphatic rings. The predicted molar refractivity (Wildman–Crippen MR) is 99.1 cm³/mol. The molecule has 0 radical (unpaired) electrons. The maximum Gasteiger partial charge on any atom is 0.157 e. The van der Waals surface area contributed by atoms with Crippen LogP contribution in [-0.4, -0.2) is 35.6 Å². The van der Waals surface area contributed by atoms with Gasteiger partial charge in [-0.2, -0.15) is 5.26 Å². The molecule has 0 unspecified atom stereocenters. The summed E-state index contributed by atoms with van der Waals surface area (Å²) in [6, 6.07) is 10.7. The second-order valence-corrected chi connectivity index (χ2v) is 6.97. The van der Waals surface area contributed by atoms with E-state index in [4.69, 9.17) is 4.98 Å². The first-order valence-corrected chi connectivity index (χ1v) is 9.19. The Hall–Kier alpha value is -2.58. The Labute approximate surface area is 146 Å². The first-order valence-electron chi connectivity index (χ1n) is 9.19. The molecule has 3 heterocycles. The van der Waals surface area contributed by atoms with Crippen LogP contribution < -0.4 is 10.2 Å². The van der Waals surface area contributed by atoms with Crippen molar-refractivity contribution in [3.8, 4) is 6.07 Å². The van der Waals surface area contributed by atoms with Crippen LogP contribution in [0.5, 0.6) is 0 Å². The van der Waals surface area contributed by atoms with E-state index in [0.29, 0.717) is 0 Å². The summed E-state index contributed by atoms with van der Waals surface area (Å²) < 4.78 is 2.25. The number of nitrogens with one attached hydrogen (secondary N) is 1. The van der Waals surface area contributed by atoms with E-state index in [9.17, 15) is 5.26 Å². The van der Waals surface area contributed by atoms with Gasteiger partial charge in [0.25, 0.3) is 0 Å². The first-order chi connectivity index (χ1) is 12.4. The van der Waals surface area contributed by atoms with E-state index in [1.54, 1.807) is 0 Å². The number of para-hydroxylation sites is 2. The lowest BCUT2D eigenvalue weighted by atomic mass is 9.88. The number of anilines is 1. The number of fused-ring (bicyclic) bond motifs is 4. The molecule has 5 nitrogen and oxygen atoms in total. The molecule has 3 aromatic rings. The number of piperazine rings is 1. The van der Waals surface area contributed by atoms with E-state index in [0.717, 1.165) is 61.3 Å². The van der Waals surface area contributed by atoms with E-state index in [1.807, 2.05) is 12.1 Å². The van der Waals surface area contributed by atoms with Crippen molar-refractivity contribution in [3.63, 3.8) is 0 Å². The average molecular weight is 331 g/mol. The number of aromatic nitrogens is 2. The Morgan fingerprint density at radius 3 is 2.60 bits per heavy atom. The van der Waals surface area contributed by atoms with Crippen LogP contribution in [0.15, 0.2) is 24.3 Å². The number of imidazole rings is 1. The highest BCUT2D eigenvalue weighted by atomic mass is 15.3. The summed E-state index contributed by atoms with van der Waals surface area (Å²) in [5, 5.41) is 13.3. The summed E-state index contributed by atoms with van der Waals surface area (Å²) in [7, 11) is 0. The number of rotatable bonds is 1. The Morgan fingerprint density at radius 2 is 1.80 bits per heavy atom. The summed E-state index contributed by atoms with van der Waals surface area (Å²) in [5.74, 6) is 1.28. The van der Waals surface area contributed by atoms with Crippen LogP contribution in [0.2, 0.25) is 0 Å². The van der Waals surface area contributed by atoms with Gasteiger partial charge in [-0.3, -0.25) is 4.40 Å². The molecule has 0 spiro atoms. The molecular weight excluding hydrogens is 310 g/mol. The van der Waals surface area contributed by atoms with Crippen molar-refractivity contribution in [2.45, 2.75) is 25.7 Å². The van der Waals surface area contributed by atoms with Crippen LogP contribution in [0.4, 0.5) is 5.82 Å². The summed E-state index contributed by atoms with van der Waals surface area (Å²) in [4.78, 5) is 7.34. The maximum atomic E-state index is 9.89. The van der Waals surface area contributed by atoms with Gasteiger partial charge >= 0.3 is 0 Å². The van der Waals surface area contributed by atoms with Crippen LogP contribution in [-0.2, 0) is 12.8 Å². The average Bonchev–Trinajstić information content (AvgIpc) is 3.05. The summed E-state index contributed by atoms with van der Waals surface area (Å²) in [5.41, 5.74) is 6.31. The van der Waals surface area contributed by atoms with Gasteiger partial charge in [-0.15, -0.1) is 0 Å². The van der Waals surface area contributed by atoms with E-state index in [1.165, 1.54) is 29.8 Å². The van der Waals surface area contributed by atoms with Crippen molar-refractivity contribution in [3.05, 3.63) is 41.0 Å². The smallest absolute Gasteiger partial charge is 0.157 e. The molecule has 0 saturated carbocycles. The second-order valence-electron chi connectivity index (χ2n) is 6.97. The van der Waals surface area contributed by atoms with Crippen LogP contribution in [0.1, 0.15) is 29.5 Å². The zero-order valence-electron chi connectivity index (χ0n) is 14.3. The fourth-order valence-corrected chi connectivity index (χ4v) is 4.43. The SMILES string of the molecule is N#Cc1c2c(c(N3CCNCC3)n3c1nc1ccccc13)CCCC2. The van der Waals surface area contributed by atoms with E-state index in [-0.39, 0.29) is 0 Å². The molecule has 0 atom stereocenters. The lowest BCUT2D eigenvalue weighted by Gasteiger charge is -2.34.